The Hall–Kier alpha value is -3.75. The molecule has 2 aromatic carbocycles. The number of anilines is 1. The molecular weight excluding hydrogens is 421 g/mol. The van der Waals surface area contributed by atoms with Gasteiger partial charge in [-0.15, -0.1) is 5.10 Å². The van der Waals surface area contributed by atoms with Gasteiger partial charge in [-0.3, -0.25) is 0 Å². The maximum atomic E-state index is 13.7. The monoisotopic (exact) mass is 447 g/mol. The molecule has 2 heterocycles. The highest BCUT2D eigenvalue weighted by atomic mass is 19.1. The first kappa shape index (κ1) is 21.1. The molecule has 1 aliphatic carbocycles. The zero-order valence-electron chi connectivity index (χ0n) is 18.6. The SMILES string of the molecule is COc1ccc(-n2cnnn2)cc1N(C)[C@H]1CC[C@H](Cn2ccnc2)[C@H]1c1ccc(F)cc1. The molecule has 5 rings (SSSR count). The van der Waals surface area contributed by atoms with E-state index in [9.17, 15) is 4.39 Å². The number of tetrazole rings is 1. The van der Waals surface area contributed by atoms with Crippen LogP contribution in [0.25, 0.3) is 5.69 Å². The van der Waals surface area contributed by atoms with Crippen molar-refractivity contribution in [1.82, 2.24) is 29.8 Å². The fourth-order valence-corrected chi connectivity index (χ4v) is 5.10. The Morgan fingerprint density at radius 1 is 1.12 bits per heavy atom. The molecule has 3 atom stereocenters. The van der Waals surface area contributed by atoms with E-state index in [-0.39, 0.29) is 17.8 Å². The first-order chi connectivity index (χ1) is 16.1. The van der Waals surface area contributed by atoms with Gasteiger partial charge in [-0.2, -0.15) is 0 Å². The van der Waals surface area contributed by atoms with Crippen molar-refractivity contribution in [3.05, 3.63) is 78.9 Å². The molecule has 0 aliphatic heterocycles. The van der Waals surface area contributed by atoms with Gasteiger partial charge in [0.25, 0.3) is 0 Å². The Morgan fingerprint density at radius 3 is 2.67 bits per heavy atom. The molecule has 8 nitrogen and oxygen atoms in total. The minimum Gasteiger partial charge on any atom is -0.495 e. The lowest BCUT2D eigenvalue weighted by molar-refractivity contribution is 0.392. The second-order valence-corrected chi connectivity index (χ2v) is 8.46. The van der Waals surface area contributed by atoms with E-state index < -0.39 is 0 Å². The number of nitrogens with zero attached hydrogens (tertiary/aromatic N) is 7. The topological polar surface area (TPSA) is 73.9 Å². The molecule has 0 radical (unpaired) electrons. The third-order valence-corrected chi connectivity index (χ3v) is 6.67. The Balaban J connectivity index is 1.51. The maximum Gasteiger partial charge on any atom is 0.143 e. The van der Waals surface area contributed by atoms with Crippen molar-refractivity contribution in [2.24, 2.45) is 5.92 Å². The Bertz CT molecular complexity index is 1180. The van der Waals surface area contributed by atoms with Crippen molar-refractivity contribution in [2.45, 2.75) is 31.3 Å². The summed E-state index contributed by atoms with van der Waals surface area (Å²) in [5.74, 6) is 1.18. The number of aromatic nitrogens is 6. The number of likely N-dealkylation sites (N-methyl/N-ethyl adjacent to an activating group) is 1. The van der Waals surface area contributed by atoms with Gasteiger partial charge in [0.15, 0.2) is 0 Å². The summed E-state index contributed by atoms with van der Waals surface area (Å²) >= 11 is 0. The lowest BCUT2D eigenvalue weighted by atomic mass is 9.85. The molecule has 9 heteroatoms. The predicted molar refractivity (Wildman–Crippen MR) is 122 cm³/mol. The summed E-state index contributed by atoms with van der Waals surface area (Å²) in [6, 6.07) is 13.1. The number of hydrogen-bond acceptors (Lipinski definition) is 6. The Kier molecular flexibility index (Phi) is 5.77. The van der Waals surface area contributed by atoms with Crippen LogP contribution in [-0.2, 0) is 6.54 Å². The van der Waals surface area contributed by atoms with Crippen molar-refractivity contribution in [2.75, 3.05) is 19.1 Å². The summed E-state index contributed by atoms with van der Waals surface area (Å²) in [6.07, 6.45) is 9.31. The van der Waals surface area contributed by atoms with E-state index in [1.165, 1.54) is 0 Å². The molecule has 0 N–H and O–H groups in total. The highest BCUT2D eigenvalue weighted by molar-refractivity contribution is 5.63. The second-order valence-electron chi connectivity index (χ2n) is 8.46. The minimum absolute atomic E-state index is 0.210. The van der Waals surface area contributed by atoms with Gasteiger partial charge in [-0.25, -0.2) is 14.1 Å². The lowest BCUT2D eigenvalue weighted by Crippen LogP contribution is -2.36. The zero-order valence-corrected chi connectivity index (χ0v) is 18.6. The first-order valence-electron chi connectivity index (χ1n) is 11.0. The molecular formula is C24H26FN7O. The number of benzene rings is 2. The van der Waals surface area contributed by atoms with Crippen LogP contribution >= 0.6 is 0 Å². The Morgan fingerprint density at radius 2 is 1.97 bits per heavy atom. The highest BCUT2D eigenvalue weighted by Gasteiger charge is 2.40. The molecule has 170 valence electrons. The van der Waals surface area contributed by atoms with E-state index in [1.54, 1.807) is 36.4 Å². The van der Waals surface area contributed by atoms with Gasteiger partial charge >= 0.3 is 0 Å². The van der Waals surface area contributed by atoms with Crippen LogP contribution in [0.3, 0.4) is 0 Å². The standard InChI is InChI=1S/C24H26FN7O/c1-30(22-13-20(8-10-23(22)33-2)32-16-27-28-29-32)21-9-5-18(14-31-12-11-26-15-31)24(21)17-3-6-19(25)7-4-17/h3-4,6-8,10-13,15-16,18,21,24H,5,9,14H2,1-2H3/t18-,21+,24-/m1/s1. The summed E-state index contributed by atoms with van der Waals surface area (Å²) in [4.78, 5) is 6.49. The number of imidazole rings is 1. The van der Waals surface area contributed by atoms with Gasteiger partial charge in [-0.05, 0) is 65.1 Å². The van der Waals surface area contributed by atoms with E-state index in [4.69, 9.17) is 4.74 Å². The van der Waals surface area contributed by atoms with Crippen LogP contribution in [0.15, 0.2) is 67.5 Å². The molecule has 2 aromatic heterocycles. The van der Waals surface area contributed by atoms with Crippen LogP contribution in [0.1, 0.15) is 24.3 Å². The van der Waals surface area contributed by atoms with Gasteiger partial charge in [0.2, 0.25) is 0 Å². The van der Waals surface area contributed by atoms with E-state index in [2.05, 4.69) is 37.0 Å². The largest absolute Gasteiger partial charge is 0.495 e. The van der Waals surface area contributed by atoms with Crippen molar-refractivity contribution in [3.63, 3.8) is 0 Å². The van der Waals surface area contributed by atoms with Crippen LogP contribution in [-0.4, -0.2) is 50.0 Å². The number of rotatable bonds is 7. The molecule has 0 bridgehead atoms. The van der Waals surface area contributed by atoms with Crippen molar-refractivity contribution in [1.29, 1.82) is 0 Å². The van der Waals surface area contributed by atoms with Gasteiger partial charge in [-0.1, -0.05) is 12.1 Å². The molecule has 0 saturated heterocycles. The van der Waals surface area contributed by atoms with E-state index in [0.29, 0.717) is 5.92 Å². The third kappa shape index (κ3) is 4.18. The molecule has 0 amide bonds. The van der Waals surface area contributed by atoms with E-state index in [0.717, 1.165) is 42.1 Å². The molecule has 1 fully saturated rings. The van der Waals surface area contributed by atoms with Crippen LogP contribution in [0.4, 0.5) is 10.1 Å². The number of methoxy groups -OCH3 is 1. The summed E-state index contributed by atoms with van der Waals surface area (Å²) in [6.45, 7) is 0.869. The summed E-state index contributed by atoms with van der Waals surface area (Å²) in [7, 11) is 3.78. The van der Waals surface area contributed by atoms with Crippen LogP contribution in [0.5, 0.6) is 5.75 Å². The molecule has 1 saturated carbocycles. The average molecular weight is 448 g/mol. The fourth-order valence-electron chi connectivity index (χ4n) is 5.10. The highest BCUT2D eigenvalue weighted by Crippen LogP contribution is 2.45. The molecule has 0 unspecified atom stereocenters. The maximum absolute atomic E-state index is 13.7. The fraction of sp³-hybridized carbons (Fsp3) is 0.333. The molecule has 0 spiro atoms. The summed E-state index contributed by atoms with van der Waals surface area (Å²) < 4.78 is 23.2. The summed E-state index contributed by atoms with van der Waals surface area (Å²) in [5.41, 5.74) is 2.96. The lowest BCUT2D eigenvalue weighted by Gasteiger charge is -2.35. The predicted octanol–water partition coefficient (Wildman–Crippen LogP) is 3.71. The van der Waals surface area contributed by atoms with Gasteiger partial charge in [0.1, 0.15) is 17.9 Å². The van der Waals surface area contributed by atoms with Crippen molar-refractivity contribution in [3.8, 4) is 11.4 Å². The number of ether oxygens (including phenoxy) is 1. The van der Waals surface area contributed by atoms with Gasteiger partial charge in [0.05, 0.1) is 24.8 Å². The average Bonchev–Trinajstić information content (AvgIpc) is 3.62. The molecule has 33 heavy (non-hydrogen) atoms. The second kappa shape index (κ2) is 9.01. The third-order valence-electron chi connectivity index (χ3n) is 6.67. The first-order valence-corrected chi connectivity index (χ1v) is 11.0. The van der Waals surface area contributed by atoms with Crippen LogP contribution in [0.2, 0.25) is 0 Å². The quantitative estimate of drug-likeness (QED) is 0.430. The minimum atomic E-state index is -0.219. The van der Waals surface area contributed by atoms with E-state index in [1.807, 2.05) is 42.9 Å². The molecule has 4 aromatic rings. The van der Waals surface area contributed by atoms with Gasteiger partial charge in [0, 0.05) is 37.9 Å². The van der Waals surface area contributed by atoms with Crippen LogP contribution < -0.4 is 9.64 Å². The Labute approximate surface area is 191 Å². The van der Waals surface area contributed by atoms with Crippen LogP contribution in [0, 0.1) is 11.7 Å². The van der Waals surface area contributed by atoms with Gasteiger partial charge < -0.3 is 14.2 Å². The number of halogens is 1. The number of hydrogen-bond donors (Lipinski definition) is 0. The summed E-state index contributed by atoms with van der Waals surface area (Å²) in [5, 5.41) is 11.5. The van der Waals surface area contributed by atoms with Crippen molar-refractivity contribution >= 4 is 5.69 Å². The van der Waals surface area contributed by atoms with E-state index >= 15 is 0 Å². The van der Waals surface area contributed by atoms with Crippen molar-refractivity contribution < 1.29 is 9.13 Å². The normalized spacial score (nSPS) is 20.2. The smallest absolute Gasteiger partial charge is 0.143 e. The molecule has 1 aliphatic rings. The zero-order chi connectivity index (χ0) is 22.8.